The Kier molecular flexibility index (Phi) is 3.67. The molecule has 0 radical (unpaired) electrons. The number of carbonyl (C=O) groups is 2. The van der Waals surface area contributed by atoms with E-state index in [2.05, 4.69) is 10.6 Å². The molecule has 0 saturated heterocycles. The van der Waals surface area contributed by atoms with Gasteiger partial charge in [0.25, 0.3) is 0 Å². The van der Waals surface area contributed by atoms with Gasteiger partial charge in [0.2, 0.25) is 11.8 Å². The molecule has 1 aromatic carbocycles. The molecule has 21 heavy (non-hydrogen) atoms. The minimum atomic E-state index is -0.876. The predicted molar refractivity (Wildman–Crippen MR) is 81.7 cm³/mol. The molecule has 1 unspecified atom stereocenters. The first kappa shape index (κ1) is 14.1. The first-order chi connectivity index (χ1) is 10.0. The smallest absolute Gasteiger partial charge is 0.233 e. The Bertz CT molecular complexity index is 729. The number of anilines is 2. The molecule has 2 heterocycles. The topological polar surface area (TPSA) is 78.4 Å². The quantitative estimate of drug-likeness (QED) is 0.744. The molecule has 0 fully saturated rings. The maximum atomic E-state index is 11.6. The van der Waals surface area contributed by atoms with E-state index in [4.69, 9.17) is 11.6 Å². The zero-order valence-corrected chi connectivity index (χ0v) is 12.3. The Morgan fingerprint density at radius 3 is 2.52 bits per heavy atom. The van der Waals surface area contributed by atoms with Crippen molar-refractivity contribution in [1.82, 2.24) is 0 Å². The Hall–Kier alpha value is -1.89. The number of aliphatic hydroxyl groups excluding tert-OH is 1. The number of hydrogen-bond acceptors (Lipinski definition) is 4. The number of thiophene rings is 1. The molecule has 0 saturated carbocycles. The van der Waals surface area contributed by atoms with Crippen molar-refractivity contribution in [1.29, 1.82) is 0 Å². The summed E-state index contributed by atoms with van der Waals surface area (Å²) in [6.07, 6.45) is -1.10. The minimum Gasteiger partial charge on any atom is -0.383 e. The number of rotatable bonds is 2. The van der Waals surface area contributed by atoms with Crippen molar-refractivity contribution in [2.45, 2.75) is 12.5 Å². The Morgan fingerprint density at radius 1 is 1.14 bits per heavy atom. The third kappa shape index (κ3) is 2.78. The number of halogens is 1. The summed E-state index contributed by atoms with van der Waals surface area (Å²) >= 11 is 7.38. The Balaban J connectivity index is 1.98. The molecule has 2 aromatic rings. The zero-order chi connectivity index (χ0) is 15.0. The van der Waals surface area contributed by atoms with E-state index in [0.717, 1.165) is 0 Å². The predicted octanol–water partition coefficient (Wildman–Crippen LogP) is 2.76. The van der Waals surface area contributed by atoms with Crippen LogP contribution in [-0.2, 0) is 9.59 Å². The van der Waals surface area contributed by atoms with Gasteiger partial charge in [-0.2, -0.15) is 0 Å². The fraction of sp³-hybridized carbons (Fsp3) is 0.143. The van der Waals surface area contributed by atoms with Crippen molar-refractivity contribution in [2.75, 3.05) is 10.6 Å². The fourth-order valence-corrected chi connectivity index (χ4v) is 3.30. The van der Waals surface area contributed by atoms with E-state index in [1.807, 2.05) is 0 Å². The lowest BCUT2D eigenvalue weighted by Crippen LogP contribution is -2.16. The largest absolute Gasteiger partial charge is 0.383 e. The first-order valence-corrected chi connectivity index (χ1v) is 7.45. The molecule has 1 aliphatic heterocycles. The van der Waals surface area contributed by atoms with Crippen LogP contribution in [-0.4, -0.2) is 16.9 Å². The minimum absolute atomic E-state index is 0.219. The lowest BCUT2D eigenvalue weighted by Gasteiger charge is -2.13. The van der Waals surface area contributed by atoms with Crippen LogP contribution in [0, 0.1) is 0 Å². The van der Waals surface area contributed by atoms with Gasteiger partial charge in [-0.25, -0.2) is 0 Å². The lowest BCUT2D eigenvalue weighted by molar-refractivity contribution is -0.123. The monoisotopic (exact) mass is 322 g/mol. The molecule has 7 heteroatoms. The average Bonchev–Trinajstić information content (AvgIpc) is 2.79. The van der Waals surface area contributed by atoms with Gasteiger partial charge in [-0.05, 0) is 29.1 Å². The van der Waals surface area contributed by atoms with Crippen molar-refractivity contribution in [2.24, 2.45) is 0 Å². The lowest BCUT2D eigenvalue weighted by atomic mass is 10.1. The molecule has 1 aromatic heterocycles. The van der Waals surface area contributed by atoms with Crippen LogP contribution in [0.2, 0.25) is 5.02 Å². The van der Waals surface area contributed by atoms with E-state index in [1.165, 1.54) is 11.3 Å². The van der Waals surface area contributed by atoms with Gasteiger partial charge in [-0.15, -0.1) is 11.3 Å². The number of benzene rings is 1. The molecule has 3 rings (SSSR count). The second-order valence-electron chi connectivity index (χ2n) is 4.61. The molecule has 3 N–H and O–H groups in total. The summed E-state index contributed by atoms with van der Waals surface area (Å²) in [5, 5.41) is 18.0. The van der Waals surface area contributed by atoms with Gasteiger partial charge in [-0.1, -0.05) is 17.7 Å². The van der Waals surface area contributed by atoms with Gasteiger partial charge in [0.05, 0.1) is 21.3 Å². The fourth-order valence-electron chi connectivity index (χ4n) is 2.13. The molecule has 0 bridgehead atoms. The summed E-state index contributed by atoms with van der Waals surface area (Å²) in [6, 6.07) is 6.70. The van der Waals surface area contributed by atoms with Crippen molar-refractivity contribution in [3.8, 4) is 0 Å². The molecular weight excluding hydrogens is 312 g/mol. The van der Waals surface area contributed by atoms with Gasteiger partial charge in [0, 0.05) is 0 Å². The van der Waals surface area contributed by atoms with Crippen molar-refractivity contribution in [3.05, 3.63) is 45.1 Å². The number of nitrogens with one attached hydrogen (secondary N) is 2. The highest BCUT2D eigenvalue weighted by Crippen LogP contribution is 2.35. The van der Waals surface area contributed by atoms with Crippen LogP contribution in [0.1, 0.15) is 23.0 Å². The number of aliphatic hydroxyl groups is 1. The van der Waals surface area contributed by atoms with Crippen molar-refractivity contribution < 1.29 is 14.7 Å². The van der Waals surface area contributed by atoms with Crippen LogP contribution >= 0.6 is 22.9 Å². The number of fused-ring (bicyclic) bond motifs is 1. The molecule has 1 atom stereocenters. The summed E-state index contributed by atoms with van der Waals surface area (Å²) in [5.74, 6) is -0.743. The zero-order valence-electron chi connectivity index (χ0n) is 10.7. The number of carbonyl (C=O) groups excluding carboxylic acids is 2. The summed E-state index contributed by atoms with van der Waals surface area (Å²) < 4.78 is 0. The van der Waals surface area contributed by atoms with Gasteiger partial charge in [0.1, 0.15) is 12.5 Å². The molecule has 0 spiro atoms. The molecule has 2 amide bonds. The average molecular weight is 323 g/mol. The Labute approximate surface area is 129 Å². The van der Waals surface area contributed by atoms with E-state index < -0.39 is 6.10 Å². The van der Waals surface area contributed by atoms with Crippen LogP contribution < -0.4 is 10.6 Å². The van der Waals surface area contributed by atoms with Crippen LogP contribution in [0.3, 0.4) is 0 Å². The van der Waals surface area contributed by atoms with Gasteiger partial charge >= 0.3 is 0 Å². The Morgan fingerprint density at radius 2 is 1.86 bits per heavy atom. The van der Waals surface area contributed by atoms with E-state index in [-0.39, 0.29) is 18.2 Å². The van der Waals surface area contributed by atoms with Crippen LogP contribution in [0.4, 0.5) is 11.4 Å². The second kappa shape index (κ2) is 5.48. The normalized spacial score (nSPS) is 15.7. The van der Waals surface area contributed by atoms with Crippen molar-refractivity contribution in [3.63, 3.8) is 0 Å². The van der Waals surface area contributed by atoms with E-state index in [1.54, 1.807) is 29.6 Å². The SMILES string of the molecule is O=C1CC(=O)Nc2cc(C(O)c3sccc3Cl)ccc2N1. The highest BCUT2D eigenvalue weighted by atomic mass is 35.5. The third-order valence-corrected chi connectivity index (χ3v) is 4.53. The summed E-state index contributed by atoms with van der Waals surface area (Å²) in [7, 11) is 0. The summed E-state index contributed by atoms with van der Waals surface area (Å²) in [4.78, 5) is 23.7. The highest BCUT2D eigenvalue weighted by molar-refractivity contribution is 7.10. The van der Waals surface area contributed by atoms with E-state index in [9.17, 15) is 14.7 Å². The molecule has 108 valence electrons. The third-order valence-electron chi connectivity index (χ3n) is 3.12. The van der Waals surface area contributed by atoms with E-state index in [0.29, 0.717) is 26.8 Å². The number of amides is 2. The highest BCUT2D eigenvalue weighted by Gasteiger charge is 2.21. The van der Waals surface area contributed by atoms with Crippen LogP contribution in [0.15, 0.2) is 29.6 Å². The molecular formula is C14H11ClN2O3S. The molecule has 1 aliphatic rings. The van der Waals surface area contributed by atoms with Gasteiger partial charge in [-0.3, -0.25) is 9.59 Å². The summed E-state index contributed by atoms with van der Waals surface area (Å²) in [6.45, 7) is 0. The maximum Gasteiger partial charge on any atom is 0.233 e. The molecule has 0 aliphatic carbocycles. The van der Waals surface area contributed by atoms with Crippen LogP contribution in [0.25, 0.3) is 0 Å². The molecule has 5 nitrogen and oxygen atoms in total. The number of hydrogen-bond donors (Lipinski definition) is 3. The first-order valence-electron chi connectivity index (χ1n) is 6.19. The maximum absolute atomic E-state index is 11.6. The second-order valence-corrected chi connectivity index (χ2v) is 5.97. The van der Waals surface area contributed by atoms with Gasteiger partial charge < -0.3 is 15.7 Å². The van der Waals surface area contributed by atoms with Crippen LogP contribution in [0.5, 0.6) is 0 Å². The van der Waals surface area contributed by atoms with Crippen molar-refractivity contribution >= 4 is 46.1 Å². The summed E-state index contributed by atoms with van der Waals surface area (Å²) in [5.41, 5.74) is 1.57. The van der Waals surface area contributed by atoms with Gasteiger partial charge in [0.15, 0.2) is 0 Å². The van der Waals surface area contributed by atoms with E-state index >= 15 is 0 Å². The standard InChI is InChI=1S/C14H11ClN2O3S/c15-8-3-4-21-14(8)13(20)7-1-2-9-10(5-7)17-12(19)6-11(18)16-9/h1-5,13,20H,6H2,(H,16,18)(H,17,19).